The van der Waals surface area contributed by atoms with E-state index in [1.807, 2.05) is 13.8 Å². The second-order valence-electron chi connectivity index (χ2n) is 6.29. The van der Waals surface area contributed by atoms with Crippen molar-refractivity contribution in [3.05, 3.63) is 23.8 Å². The third-order valence-corrected chi connectivity index (χ3v) is 5.24. The minimum absolute atomic E-state index is 0. The molecule has 0 bridgehead atoms. The van der Waals surface area contributed by atoms with E-state index >= 15 is 0 Å². The van der Waals surface area contributed by atoms with E-state index < -0.39 is 10.0 Å². The Labute approximate surface area is 162 Å². The molecule has 1 amide bonds. The second-order valence-corrected chi connectivity index (χ2v) is 8.00. The fraction of sp³-hybridized carbons (Fsp3) is 0.588. The summed E-state index contributed by atoms with van der Waals surface area (Å²) in [7, 11) is -2.21. The van der Waals surface area contributed by atoms with Gasteiger partial charge in [-0.3, -0.25) is 4.79 Å². The number of ether oxygens (including phenoxy) is 1. The average molecular weight is 408 g/mol. The van der Waals surface area contributed by atoms with Crippen LogP contribution in [0.1, 0.15) is 39.2 Å². The molecule has 0 saturated heterocycles. The molecule has 1 aromatic carbocycles. The number of rotatable bonds is 10. The van der Waals surface area contributed by atoms with Crippen molar-refractivity contribution in [1.82, 2.24) is 10.0 Å². The Morgan fingerprint density at radius 3 is 2.46 bits per heavy atom. The van der Waals surface area contributed by atoms with Gasteiger partial charge in [-0.25, -0.2) is 13.1 Å². The van der Waals surface area contributed by atoms with Gasteiger partial charge < -0.3 is 15.8 Å². The van der Waals surface area contributed by atoms with E-state index in [0.717, 1.165) is 0 Å². The van der Waals surface area contributed by atoms with E-state index in [9.17, 15) is 13.2 Å². The molecule has 0 spiro atoms. The van der Waals surface area contributed by atoms with Gasteiger partial charge in [0.2, 0.25) is 15.9 Å². The lowest BCUT2D eigenvalue weighted by Crippen LogP contribution is -2.41. The van der Waals surface area contributed by atoms with Crippen LogP contribution in [-0.2, 0) is 21.4 Å². The molecule has 1 atom stereocenters. The number of carbonyl (C=O) groups excluding carboxylic acids is 1. The first kappa shape index (κ1) is 24.7. The fourth-order valence-corrected chi connectivity index (χ4v) is 3.74. The van der Waals surface area contributed by atoms with Crippen molar-refractivity contribution >= 4 is 28.3 Å². The third kappa shape index (κ3) is 7.49. The molecule has 0 aliphatic heterocycles. The zero-order chi connectivity index (χ0) is 19.0. The Bertz CT molecular complexity index is 681. The molecule has 0 radical (unpaired) electrons. The van der Waals surface area contributed by atoms with Gasteiger partial charge in [0.25, 0.3) is 0 Å². The van der Waals surface area contributed by atoms with Gasteiger partial charge in [-0.05, 0) is 30.5 Å². The normalized spacial score (nSPS) is 12.4. The highest BCUT2D eigenvalue weighted by Crippen LogP contribution is 2.23. The summed E-state index contributed by atoms with van der Waals surface area (Å²) in [6.07, 6.45) is 1.01. The van der Waals surface area contributed by atoms with E-state index in [0.29, 0.717) is 30.1 Å². The minimum Gasteiger partial charge on any atom is -0.496 e. The predicted octanol–water partition coefficient (Wildman–Crippen LogP) is 1.79. The number of nitrogens with one attached hydrogen (secondary N) is 2. The molecular weight excluding hydrogens is 378 g/mol. The predicted molar refractivity (Wildman–Crippen MR) is 105 cm³/mol. The Morgan fingerprint density at radius 2 is 1.96 bits per heavy atom. The second kappa shape index (κ2) is 11.4. The van der Waals surface area contributed by atoms with Crippen LogP contribution in [0.2, 0.25) is 0 Å². The lowest BCUT2D eigenvalue weighted by molar-refractivity contribution is -0.120. The molecular formula is C17H30ClN3O4S. The molecule has 9 heteroatoms. The van der Waals surface area contributed by atoms with Crippen LogP contribution >= 0.6 is 12.4 Å². The van der Waals surface area contributed by atoms with E-state index in [1.165, 1.54) is 19.2 Å². The van der Waals surface area contributed by atoms with Crippen LogP contribution < -0.4 is 20.5 Å². The minimum atomic E-state index is -3.71. The van der Waals surface area contributed by atoms with Gasteiger partial charge in [-0.15, -0.1) is 12.4 Å². The zero-order valence-electron chi connectivity index (χ0n) is 15.7. The molecule has 0 aliphatic carbocycles. The number of amides is 1. The summed E-state index contributed by atoms with van der Waals surface area (Å²) in [5.41, 5.74) is 6.28. The molecule has 0 heterocycles. The van der Waals surface area contributed by atoms with Crippen LogP contribution in [0.15, 0.2) is 23.1 Å². The van der Waals surface area contributed by atoms with Gasteiger partial charge in [0, 0.05) is 31.1 Å². The van der Waals surface area contributed by atoms with Crippen LogP contribution in [0.25, 0.3) is 0 Å². The lowest BCUT2D eigenvalue weighted by atomic mass is 10.1. The summed E-state index contributed by atoms with van der Waals surface area (Å²) in [6, 6.07) is 4.26. The number of sulfonamides is 1. The highest BCUT2D eigenvalue weighted by Gasteiger charge is 2.21. The Morgan fingerprint density at radius 1 is 1.31 bits per heavy atom. The SMILES string of the molecule is CCC(=O)NCc1cc(S(=O)(=O)NC(CN)CC(C)C)ccc1OC.Cl. The standard InChI is InChI=1S/C17H29N3O4S.ClH/c1-5-17(21)19-11-13-9-15(6-7-16(13)24-4)25(22,23)20-14(10-18)8-12(2)3;/h6-7,9,12,14,20H,5,8,10-11,18H2,1-4H3,(H,19,21);1H. The van der Waals surface area contributed by atoms with Gasteiger partial charge >= 0.3 is 0 Å². The first-order valence-electron chi connectivity index (χ1n) is 8.39. The maximum atomic E-state index is 12.6. The summed E-state index contributed by atoms with van der Waals surface area (Å²) in [5, 5.41) is 2.73. The summed E-state index contributed by atoms with van der Waals surface area (Å²) >= 11 is 0. The van der Waals surface area contributed by atoms with Crippen LogP contribution in [-0.4, -0.2) is 34.0 Å². The topological polar surface area (TPSA) is 111 Å². The molecule has 0 aliphatic rings. The van der Waals surface area contributed by atoms with E-state index in [4.69, 9.17) is 10.5 Å². The number of methoxy groups -OCH3 is 1. The van der Waals surface area contributed by atoms with Crippen LogP contribution in [0, 0.1) is 5.92 Å². The van der Waals surface area contributed by atoms with Crippen molar-refractivity contribution in [2.45, 2.75) is 51.1 Å². The van der Waals surface area contributed by atoms with Crippen molar-refractivity contribution in [3.8, 4) is 5.75 Å². The highest BCUT2D eigenvalue weighted by atomic mass is 35.5. The number of hydrogen-bond donors (Lipinski definition) is 3. The molecule has 0 saturated carbocycles. The molecule has 26 heavy (non-hydrogen) atoms. The molecule has 150 valence electrons. The van der Waals surface area contributed by atoms with Crippen molar-refractivity contribution in [2.75, 3.05) is 13.7 Å². The summed E-state index contributed by atoms with van der Waals surface area (Å²) < 4.78 is 33.2. The largest absolute Gasteiger partial charge is 0.496 e. The number of carbonyl (C=O) groups is 1. The molecule has 0 fully saturated rings. The smallest absolute Gasteiger partial charge is 0.240 e. The maximum Gasteiger partial charge on any atom is 0.240 e. The fourth-order valence-electron chi connectivity index (χ4n) is 2.43. The van der Waals surface area contributed by atoms with Crippen molar-refractivity contribution in [3.63, 3.8) is 0 Å². The molecule has 0 aromatic heterocycles. The maximum absolute atomic E-state index is 12.6. The molecule has 1 aromatic rings. The Balaban J connectivity index is 0.00000625. The van der Waals surface area contributed by atoms with Crippen molar-refractivity contribution < 1.29 is 17.9 Å². The first-order chi connectivity index (χ1) is 11.7. The van der Waals surface area contributed by atoms with Crippen LogP contribution in [0.4, 0.5) is 0 Å². The number of benzene rings is 1. The van der Waals surface area contributed by atoms with Crippen molar-refractivity contribution in [1.29, 1.82) is 0 Å². The summed E-state index contributed by atoms with van der Waals surface area (Å²) in [5.74, 6) is 0.730. The third-order valence-electron chi connectivity index (χ3n) is 3.72. The quantitative estimate of drug-likeness (QED) is 0.547. The number of halogens is 1. The number of nitrogens with two attached hydrogens (primary N) is 1. The lowest BCUT2D eigenvalue weighted by Gasteiger charge is -2.19. The molecule has 4 N–H and O–H groups in total. The van der Waals surface area contributed by atoms with E-state index in [2.05, 4.69) is 10.0 Å². The molecule has 7 nitrogen and oxygen atoms in total. The summed E-state index contributed by atoms with van der Waals surface area (Å²) in [4.78, 5) is 11.6. The van der Waals surface area contributed by atoms with E-state index in [-0.39, 0.29) is 42.3 Å². The van der Waals surface area contributed by atoms with Crippen LogP contribution in [0.5, 0.6) is 5.75 Å². The van der Waals surface area contributed by atoms with Gasteiger partial charge in [0.1, 0.15) is 5.75 Å². The zero-order valence-corrected chi connectivity index (χ0v) is 17.4. The summed E-state index contributed by atoms with van der Waals surface area (Å²) in [6.45, 7) is 6.20. The first-order valence-corrected chi connectivity index (χ1v) is 9.87. The molecule has 1 rings (SSSR count). The van der Waals surface area contributed by atoms with Gasteiger partial charge in [0.15, 0.2) is 0 Å². The Kier molecular flexibility index (Phi) is 10.8. The van der Waals surface area contributed by atoms with Gasteiger partial charge in [-0.2, -0.15) is 0 Å². The van der Waals surface area contributed by atoms with E-state index in [1.54, 1.807) is 13.0 Å². The average Bonchev–Trinajstić information content (AvgIpc) is 2.57. The van der Waals surface area contributed by atoms with Crippen LogP contribution in [0.3, 0.4) is 0 Å². The van der Waals surface area contributed by atoms with Crippen molar-refractivity contribution in [2.24, 2.45) is 11.7 Å². The van der Waals surface area contributed by atoms with Gasteiger partial charge in [-0.1, -0.05) is 20.8 Å². The Hall–Kier alpha value is -1.35. The number of hydrogen-bond acceptors (Lipinski definition) is 5. The highest BCUT2D eigenvalue weighted by molar-refractivity contribution is 7.89. The monoisotopic (exact) mass is 407 g/mol. The molecule has 1 unspecified atom stereocenters. The van der Waals surface area contributed by atoms with Gasteiger partial charge in [0.05, 0.1) is 12.0 Å².